The normalized spacial score (nSPS) is 12.0. The topological polar surface area (TPSA) is 64.1 Å². The molecule has 1 atom stereocenters. The summed E-state index contributed by atoms with van der Waals surface area (Å²) < 4.78 is 6.67. The van der Waals surface area contributed by atoms with Crippen LogP contribution in [0.3, 0.4) is 0 Å². The second kappa shape index (κ2) is 7.60. The molecule has 0 fully saturated rings. The fraction of sp³-hybridized carbons (Fsp3) is 0.400. The molecule has 0 aliphatic heterocycles. The molecule has 7 heteroatoms. The van der Waals surface area contributed by atoms with Crippen LogP contribution in [0.5, 0.6) is 5.75 Å². The van der Waals surface area contributed by atoms with E-state index in [0.717, 1.165) is 15.7 Å². The van der Waals surface area contributed by atoms with E-state index in [9.17, 15) is 4.79 Å². The SMILES string of the molecule is CCC(Oc1ccc(C)cc1C)C(=O)Nc1nnc(SC)s1. The number of ether oxygens (including phenoxy) is 1. The smallest absolute Gasteiger partial charge is 0.267 e. The molecule has 1 unspecified atom stereocenters. The minimum atomic E-state index is -0.553. The number of aromatic nitrogens is 2. The molecule has 1 N–H and O–H groups in total. The third-order valence-corrected chi connectivity index (χ3v) is 4.89. The second-order valence-corrected chi connectivity index (χ2v) is 6.88. The third-order valence-electron chi connectivity index (χ3n) is 3.07. The number of carbonyl (C=O) groups is 1. The van der Waals surface area contributed by atoms with Crippen LogP contribution in [0.4, 0.5) is 5.13 Å². The van der Waals surface area contributed by atoms with Crippen LogP contribution in [-0.2, 0) is 4.79 Å². The van der Waals surface area contributed by atoms with Gasteiger partial charge in [0.1, 0.15) is 5.75 Å². The summed E-state index contributed by atoms with van der Waals surface area (Å²) in [5, 5.41) is 11.2. The number of amides is 1. The van der Waals surface area contributed by atoms with E-state index in [-0.39, 0.29) is 5.91 Å². The Kier molecular flexibility index (Phi) is 5.79. The number of thioether (sulfide) groups is 1. The number of hydrogen-bond acceptors (Lipinski definition) is 6. The van der Waals surface area contributed by atoms with Crippen LogP contribution in [0.1, 0.15) is 24.5 Å². The van der Waals surface area contributed by atoms with Gasteiger partial charge in [-0.3, -0.25) is 10.1 Å². The average molecular weight is 337 g/mol. The molecule has 1 heterocycles. The Hall–Kier alpha value is -1.60. The van der Waals surface area contributed by atoms with Gasteiger partial charge < -0.3 is 4.74 Å². The summed E-state index contributed by atoms with van der Waals surface area (Å²) >= 11 is 2.85. The number of aryl methyl sites for hydroxylation is 2. The molecular weight excluding hydrogens is 318 g/mol. The molecule has 0 spiro atoms. The van der Waals surface area contributed by atoms with Crippen LogP contribution in [0.15, 0.2) is 22.5 Å². The van der Waals surface area contributed by atoms with Crippen LogP contribution in [0.25, 0.3) is 0 Å². The first-order valence-corrected chi connectivity index (χ1v) is 9.00. The predicted octanol–water partition coefficient (Wildman–Crippen LogP) is 3.67. The van der Waals surface area contributed by atoms with Gasteiger partial charge in [0.25, 0.3) is 5.91 Å². The fourth-order valence-electron chi connectivity index (χ4n) is 1.94. The molecule has 118 valence electrons. The predicted molar refractivity (Wildman–Crippen MR) is 90.9 cm³/mol. The van der Waals surface area contributed by atoms with E-state index in [1.165, 1.54) is 28.7 Å². The van der Waals surface area contributed by atoms with Gasteiger partial charge in [0.05, 0.1) is 0 Å². The van der Waals surface area contributed by atoms with Crippen LogP contribution < -0.4 is 10.1 Å². The molecule has 1 amide bonds. The Balaban J connectivity index is 2.05. The number of nitrogens with one attached hydrogen (secondary N) is 1. The van der Waals surface area contributed by atoms with Gasteiger partial charge in [-0.1, -0.05) is 47.7 Å². The average Bonchev–Trinajstić information content (AvgIpc) is 2.94. The Bertz CT molecular complexity index is 658. The zero-order chi connectivity index (χ0) is 16.1. The van der Waals surface area contributed by atoms with E-state index in [4.69, 9.17) is 4.74 Å². The van der Waals surface area contributed by atoms with Gasteiger partial charge in [0.15, 0.2) is 10.4 Å². The van der Waals surface area contributed by atoms with E-state index < -0.39 is 6.10 Å². The van der Waals surface area contributed by atoms with Crippen LogP contribution in [0, 0.1) is 13.8 Å². The number of nitrogens with zero attached hydrogens (tertiary/aromatic N) is 2. The standard InChI is InChI=1S/C15H19N3O2S2/c1-5-11(20-12-7-6-9(2)8-10(12)3)13(19)16-14-17-18-15(21-4)22-14/h6-8,11H,5H2,1-4H3,(H,16,17,19). The molecule has 0 radical (unpaired) electrons. The lowest BCUT2D eigenvalue weighted by Gasteiger charge is -2.18. The van der Waals surface area contributed by atoms with Crippen LogP contribution in [0.2, 0.25) is 0 Å². The monoisotopic (exact) mass is 337 g/mol. The van der Waals surface area contributed by atoms with Crippen molar-refractivity contribution >= 4 is 34.1 Å². The lowest BCUT2D eigenvalue weighted by atomic mass is 10.1. The lowest BCUT2D eigenvalue weighted by Crippen LogP contribution is -2.32. The van der Waals surface area contributed by atoms with E-state index in [2.05, 4.69) is 15.5 Å². The van der Waals surface area contributed by atoms with Crippen molar-refractivity contribution in [1.29, 1.82) is 0 Å². The number of benzene rings is 1. The summed E-state index contributed by atoms with van der Waals surface area (Å²) in [4.78, 5) is 12.3. The van der Waals surface area contributed by atoms with Gasteiger partial charge in [0, 0.05) is 0 Å². The molecule has 1 aromatic carbocycles. The fourth-order valence-corrected chi connectivity index (χ4v) is 3.11. The van der Waals surface area contributed by atoms with Crippen LogP contribution >= 0.6 is 23.1 Å². The molecule has 0 aliphatic rings. The van der Waals surface area contributed by atoms with Gasteiger partial charge >= 0.3 is 0 Å². The Labute approximate surface area is 138 Å². The molecular formula is C15H19N3O2S2. The summed E-state index contributed by atoms with van der Waals surface area (Å²) in [5.74, 6) is 0.529. The number of carbonyl (C=O) groups excluding carboxylic acids is 1. The first-order valence-electron chi connectivity index (χ1n) is 6.95. The molecule has 0 saturated carbocycles. The van der Waals surface area contributed by atoms with Crippen molar-refractivity contribution < 1.29 is 9.53 Å². The largest absolute Gasteiger partial charge is 0.480 e. The highest BCUT2D eigenvalue weighted by Gasteiger charge is 2.20. The molecule has 0 saturated heterocycles. The van der Waals surface area contributed by atoms with E-state index >= 15 is 0 Å². The maximum Gasteiger partial charge on any atom is 0.267 e. The Morgan fingerprint density at radius 1 is 1.41 bits per heavy atom. The second-order valence-electron chi connectivity index (χ2n) is 4.85. The summed E-state index contributed by atoms with van der Waals surface area (Å²) in [5.41, 5.74) is 2.19. The highest BCUT2D eigenvalue weighted by Crippen LogP contribution is 2.24. The summed E-state index contributed by atoms with van der Waals surface area (Å²) in [6, 6.07) is 5.91. The highest BCUT2D eigenvalue weighted by atomic mass is 32.2. The zero-order valence-electron chi connectivity index (χ0n) is 13.0. The molecule has 5 nitrogen and oxygen atoms in total. The molecule has 2 rings (SSSR count). The summed E-state index contributed by atoms with van der Waals surface area (Å²) in [6.45, 7) is 5.92. The van der Waals surface area contributed by atoms with Gasteiger partial charge in [0.2, 0.25) is 5.13 Å². The quantitative estimate of drug-likeness (QED) is 0.643. The molecule has 1 aromatic heterocycles. The summed E-state index contributed by atoms with van der Waals surface area (Å²) in [6.07, 6.45) is 1.94. The Morgan fingerprint density at radius 2 is 2.18 bits per heavy atom. The van der Waals surface area contributed by atoms with Crippen molar-refractivity contribution in [3.8, 4) is 5.75 Å². The minimum absolute atomic E-state index is 0.203. The lowest BCUT2D eigenvalue weighted by molar-refractivity contribution is -0.122. The maximum atomic E-state index is 12.3. The van der Waals surface area contributed by atoms with Gasteiger partial charge in [-0.2, -0.15) is 0 Å². The third kappa shape index (κ3) is 4.20. The van der Waals surface area contributed by atoms with Crippen molar-refractivity contribution in [2.75, 3.05) is 11.6 Å². The molecule has 0 aliphatic carbocycles. The summed E-state index contributed by atoms with van der Waals surface area (Å²) in [7, 11) is 0. The van der Waals surface area contributed by atoms with Crippen molar-refractivity contribution in [2.45, 2.75) is 37.6 Å². The zero-order valence-corrected chi connectivity index (χ0v) is 14.7. The van der Waals surface area contributed by atoms with Gasteiger partial charge in [-0.15, -0.1) is 10.2 Å². The van der Waals surface area contributed by atoms with Gasteiger partial charge in [-0.25, -0.2) is 0 Å². The van der Waals surface area contributed by atoms with Crippen molar-refractivity contribution in [1.82, 2.24) is 10.2 Å². The van der Waals surface area contributed by atoms with E-state index in [1.54, 1.807) is 0 Å². The molecule has 0 bridgehead atoms. The van der Waals surface area contributed by atoms with Crippen molar-refractivity contribution in [2.24, 2.45) is 0 Å². The highest BCUT2D eigenvalue weighted by molar-refractivity contribution is 8.00. The number of hydrogen-bond donors (Lipinski definition) is 1. The first-order chi connectivity index (χ1) is 10.5. The number of rotatable bonds is 6. The Morgan fingerprint density at radius 3 is 2.77 bits per heavy atom. The van der Waals surface area contributed by atoms with Gasteiger partial charge in [-0.05, 0) is 38.2 Å². The first kappa shape index (κ1) is 16.8. The minimum Gasteiger partial charge on any atom is -0.480 e. The van der Waals surface area contributed by atoms with E-state index in [1.807, 2.05) is 45.2 Å². The maximum absolute atomic E-state index is 12.3. The van der Waals surface area contributed by atoms with Crippen molar-refractivity contribution in [3.05, 3.63) is 29.3 Å². The van der Waals surface area contributed by atoms with Crippen molar-refractivity contribution in [3.63, 3.8) is 0 Å². The van der Waals surface area contributed by atoms with E-state index in [0.29, 0.717) is 11.6 Å². The number of anilines is 1. The van der Waals surface area contributed by atoms with Crippen LogP contribution in [-0.4, -0.2) is 28.5 Å². The molecule has 2 aromatic rings. The molecule has 22 heavy (non-hydrogen) atoms.